The standard InChI is InChI=1S/C23H24N2O2/c1-15-8-9-19-12-20(22(26)24-21(19)16(15)2)14-25(23(27)18-10-11-18)13-17-6-4-3-5-7-17/h3-9,12,18H,10-11,13-14H2,1-2H3,(H,24,26). The minimum absolute atomic E-state index is 0.113. The third kappa shape index (κ3) is 3.65. The van der Waals surface area contributed by atoms with Crippen LogP contribution in [-0.2, 0) is 17.9 Å². The molecule has 3 aromatic rings. The smallest absolute Gasteiger partial charge is 0.253 e. The summed E-state index contributed by atoms with van der Waals surface area (Å²) in [5, 5.41) is 1.01. The SMILES string of the molecule is Cc1ccc2cc(CN(Cc3ccccc3)C(=O)C3CC3)c(=O)[nH]c2c1C. The topological polar surface area (TPSA) is 53.2 Å². The van der Waals surface area contributed by atoms with Crippen LogP contribution in [0.1, 0.15) is 35.1 Å². The first kappa shape index (κ1) is 17.5. The quantitative estimate of drug-likeness (QED) is 0.745. The Kier molecular flexibility index (Phi) is 4.56. The molecule has 0 radical (unpaired) electrons. The first-order chi connectivity index (χ1) is 13.0. The van der Waals surface area contributed by atoms with E-state index in [9.17, 15) is 9.59 Å². The normalized spacial score (nSPS) is 13.7. The molecule has 1 heterocycles. The lowest BCUT2D eigenvalue weighted by Crippen LogP contribution is -2.33. The van der Waals surface area contributed by atoms with Crippen molar-refractivity contribution in [1.29, 1.82) is 0 Å². The van der Waals surface area contributed by atoms with Crippen LogP contribution in [0.15, 0.2) is 53.3 Å². The van der Waals surface area contributed by atoms with Crippen molar-refractivity contribution in [2.24, 2.45) is 5.92 Å². The van der Waals surface area contributed by atoms with E-state index in [4.69, 9.17) is 0 Å². The van der Waals surface area contributed by atoms with Gasteiger partial charge in [0.05, 0.1) is 12.1 Å². The van der Waals surface area contributed by atoms with Crippen molar-refractivity contribution in [3.8, 4) is 0 Å². The number of benzene rings is 2. The van der Waals surface area contributed by atoms with E-state index in [1.165, 1.54) is 0 Å². The number of aromatic nitrogens is 1. The molecular formula is C23H24N2O2. The molecule has 1 fully saturated rings. The molecule has 4 nitrogen and oxygen atoms in total. The average molecular weight is 360 g/mol. The van der Waals surface area contributed by atoms with Gasteiger partial charge in [0, 0.05) is 18.0 Å². The highest BCUT2D eigenvalue weighted by Crippen LogP contribution is 2.32. The number of hydrogen-bond donors (Lipinski definition) is 1. The van der Waals surface area contributed by atoms with Crippen LogP contribution in [0.25, 0.3) is 10.9 Å². The van der Waals surface area contributed by atoms with Crippen LogP contribution >= 0.6 is 0 Å². The first-order valence-electron chi connectivity index (χ1n) is 9.48. The lowest BCUT2D eigenvalue weighted by Gasteiger charge is -2.23. The van der Waals surface area contributed by atoms with E-state index in [-0.39, 0.29) is 17.4 Å². The van der Waals surface area contributed by atoms with E-state index in [1.807, 2.05) is 61.2 Å². The van der Waals surface area contributed by atoms with Crippen molar-refractivity contribution in [1.82, 2.24) is 9.88 Å². The zero-order valence-corrected chi connectivity index (χ0v) is 15.8. The van der Waals surface area contributed by atoms with Gasteiger partial charge in [0.25, 0.3) is 5.56 Å². The predicted octanol–water partition coefficient (Wildman–Crippen LogP) is 4.08. The fourth-order valence-electron chi connectivity index (χ4n) is 3.50. The third-order valence-electron chi connectivity index (χ3n) is 5.44. The Bertz CT molecular complexity index is 1050. The highest BCUT2D eigenvalue weighted by Gasteiger charge is 2.33. The van der Waals surface area contributed by atoms with Crippen molar-refractivity contribution >= 4 is 16.8 Å². The molecule has 0 atom stereocenters. The van der Waals surface area contributed by atoms with Crippen LogP contribution in [0.2, 0.25) is 0 Å². The van der Waals surface area contributed by atoms with Gasteiger partial charge >= 0.3 is 0 Å². The Hall–Kier alpha value is -2.88. The van der Waals surface area contributed by atoms with Crippen molar-refractivity contribution < 1.29 is 4.79 Å². The van der Waals surface area contributed by atoms with Gasteiger partial charge in [-0.3, -0.25) is 9.59 Å². The molecule has 2 aromatic carbocycles. The Balaban J connectivity index is 1.68. The summed E-state index contributed by atoms with van der Waals surface area (Å²) in [6.45, 7) is 4.92. The fourth-order valence-corrected chi connectivity index (χ4v) is 3.50. The number of hydrogen-bond acceptors (Lipinski definition) is 2. The summed E-state index contributed by atoms with van der Waals surface area (Å²) in [5.41, 5.74) is 4.72. The second-order valence-corrected chi connectivity index (χ2v) is 7.55. The van der Waals surface area contributed by atoms with Crippen molar-refractivity contribution in [2.45, 2.75) is 39.8 Å². The summed E-state index contributed by atoms with van der Waals surface area (Å²) in [6.07, 6.45) is 1.91. The molecule has 138 valence electrons. The number of nitrogens with one attached hydrogen (secondary N) is 1. The molecule has 1 aliphatic rings. The molecular weight excluding hydrogens is 336 g/mol. The number of carbonyl (C=O) groups is 1. The fraction of sp³-hybridized carbons (Fsp3) is 0.304. The van der Waals surface area contributed by atoms with Gasteiger partial charge in [-0.1, -0.05) is 42.5 Å². The van der Waals surface area contributed by atoms with Crippen molar-refractivity contribution in [3.05, 3.63) is 81.1 Å². The summed E-state index contributed by atoms with van der Waals surface area (Å²) < 4.78 is 0. The molecule has 4 heteroatoms. The van der Waals surface area contributed by atoms with E-state index < -0.39 is 0 Å². The van der Waals surface area contributed by atoms with Crippen LogP contribution in [0.5, 0.6) is 0 Å². The molecule has 0 bridgehead atoms. The molecule has 1 N–H and O–H groups in total. The molecule has 1 saturated carbocycles. The number of carbonyl (C=O) groups excluding carboxylic acids is 1. The highest BCUT2D eigenvalue weighted by molar-refractivity contribution is 5.84. The second-order valence-electron chi connectivity index (χ2n) is 7.55. The lowest BCUT2D eigenvalue weighted by atomic mass is 10.0. The minimum atomic E-state index is -0.113. The highest BCUT2D eigenvalue weighted by atomic mass is 16.2. The monoisotopic (exact) mass is 360 g/mol. The zero-order valence-electron chi connectivity index (χ0n) is 15.8. The summed E-state index contributed by atoms with van der Waals surface area (Å²) in [7, 11) is 0. The summed E-state index contributed by atoms with van der Waals surface area (Å²) >= 11 is 0. The van der Waals surface area contributed by atoms with Gasteiger partial charge in [-0.25, -0.2) is 0 Å². The zero-order chi connectivity index (χ0) is 19.0. The van der Waals surface area contributed by atoms with Gasteiger partial charge in [-0.2, -0.15) is 0 Å². The first-order valence-corrected chi connectivity index (χ1v) is 9.48. The maximum absolute atomic E-state index is 12.8. The third-order valence-corrected chi connectivity index (χ3v) is 5.44. The molecule has 0 aliphatic heterocycles. The number of aromatic amines is 1. The lowest BCUT2D eigenvalue weighted by molar-refractivity contribution is -0.133. The predicted molar refractivity (Wildman–Crippen MR) is 107 cm³/mol. The minimum Gasteiger partial charge on any atom is -0.334 e. The molecule has 0 saturated heterocycles. The van der Waals surface area contributed by atoms with Gasteiger partial charge in [0.15, 0.2) is 0 Å². The van der Waals surface area contributed by atoms with Crippen molar-refractivity contribution in [3.63, 3.8) is 0 Å². The summed E-state index contributed by atoms with van der Waals surface area (Å²) in [5.74, 6) is 0.275. The second kappa shape index (κ2) is 7.03. The molecule has 4 rings (SSSR count). The Morgan fingerprint density at radius 3 is 2.52 bits per heavy atom. The molecule has 0 spiro atoms. The number of H-pyrrole nitrogens is 1. The number of aryl methyl sites for hydroxylation is 2. The maximum atomic E-state index is 12.8. The molecule has 1 amide bonds. The Labute approximate surface area is 158 Å². The molecule has 27 heavy (non-hydrogen) atoms. The Morgan fingerprint density at radius 2 is 1.81 bits per heavy atom. The van der Waals surface area contributed by atoms with Gasteiger partial charge in [0.2, 0.25) is 5.91 Å². The number of nitrogens with zero attached hydrogens (tertiary/aromatic N) is 1. The van der Waals surface area contributed by atoms with E-state index in [2.05, 4.69) is 11.1 Å². The molecule has 1 aromatic heterocycles. The maximum Gasteiger partial charge on any atom is 0.253 e. The summed E-state index contributed by atoms with van der Waals surface area (Å²) in [6, 6.07) is 16.0. The van der Waals surface area contributed by atoms with Gasteiger partial charge in [-0.05, 0) is 54.8 Å². The van der Waals surface area contributed by atoms with Gasteiger partial charge < -0.3 is 9.88 Å². The largest absolute Gasteiger partial charge is 0.334 e. The summed E-state index contributed by atoms with van der Waals surface area (Å²) in [4.78, 5) is 30.4. The van der Waals surface area contributed by atoms with E-state index in [1.54, 1.807) is 0 Å². The van der Waals surface area contributed by atoms with E-state index >= 15 is 0 Å². The van der Waals surface area contributed by atoms with Gasteiger partial charge in [0.1, 0.15) is 0 Å². The number of amides is 1. The number of pyridine rings is 1. The average Bonchev–Trinajstić information content (AvgIpc) is 3.51. The Morgan fingerprint density at radius 1 is 1.07 bits per heavy atom. The number of rotatable bonds is 5. The van der Waals surface area contributed by atoms with Crippen LogP contribution in [-0.4, -0.2) is 15.8 Å². The van der Waals surface area contributed by atoms with Crippen LogP contribution in [0.3, 0.4) is 0 Å². The number of fused-ring (bicyclic) bond motifs is 1. The molecule has 0 unspecified atom stereocenters. The molecule has 1 aliphatic carbocycles. The van der Waals surface area contributed by atoms with Crippen LogP contribution < -0.4 is 5.56 Å². The van der Waals surface area contributed by atoms with Crippen molar-refractivity contribution in [2.75, 3.05) is 0 Å². The van der Waals surface area contributed by atoms with Crippen LogP contribution in [0, 0.1) is 19.8 Å². The van der Waals surface area contributed by atoms with E-state index in [0.717, 1.165) is 40.4 Å². The van der Waals surface area contributed by atoms with E-state index in [0.29, 0.717) is 18.7 Å². The van der Waals surface area contributed by atoms with Gasteiger partial charge in [-0.15, -0.1) is 0 Å². The van der Waals surface area contributed by atoms with Crippen LogP contribution in [0.4, 0.5) is 0 Å².